The summed E-state index contributed by atoms with van der Waals surface area (Å²) in [6.07, 6.45) is 0. The zero-order valence-electron chi connectivity index (χ0n) is 45.0. The van der Waals surface area contributed by atoms with Gasteiger partial charge in [0.15, 0.2) is 11.2 Å². The second kappa shape index (κ2) is 16.6. The molecule has 0 radical (unpaired) electrons. The minimum absolute atomic E-state index is 0.0849. The molecule has 0 aliphatic carbocycles. The number of anilines is 6. The number of hydrogen-bond acceptors (Lipinski definition) is 6. The molecule has 6 nitrogen and oxygen atoms in total. The van der Waals surface area contributed by atoms with Gasteiger partial charge >= 0.3 is 0 Å². The fourth-order valence-corrected chi connectivity index (χ4v) is 12.5. The van der Waals surface area contributed by atoms with Crippen LogP contribution in [0.3, 0.4) is 0 Å². The van der Waals surface area contributed by atoms with E-state index in [1.807, 2.05) is 0 Å². The van der Waals surface area contributed by atoms with E-state index in [1.165, 1.54) is 11.1 Å². The van der Waals surface area contributed by atoms with Gasteiger partial charge in [0.25, 0.3) is 0 Å². The molecule has 0 aliphatic rings. The molecule has 0 N–H and O–H groups in total. The van der Waals surface area contributed by atoms with E-state index < -0.39 is 0 Å². The summed E-state index contributed by atoms with van der Waals surface area (Å²) in [7, 11) is 0. The molecule has 4 heterocycles. The average molecular weight is 1010 g/mol. The van der Waals surface area contributed by atoms with Gasteiger partial charge in [-0.2, -0.15) is 0 Å². The molecule has 11 aromatic carbocycles. The number of aryl methyl sites for hydroxylation is 2. The largest absolute Gasteiger partial charge is 0.456 e. The van der Waals surface area contributed by atoms with Gasteiger partial charge in [0.1, 0.15) is 33.5 Å². The third-order valence-corrected chi connectivity index (χ3v) is 16.4. The summed E-state index contributed by atoms with van der Waals surface area (Å²) >= 11 is 0. The molecule has 6 heteroatoms. The van der Waals surface area contributed by atoms with Crippen LogP contribution in [0.15, 0.2) is 212 Å². The maximum atomic E-state index is 7.00. The smallest absolute Gasteiger partial charge is 0.159 e. The van der Waals surface area contributed by atoms with Crippen LogP contribution < -0.4 is 9.80 Å². The van der Waals surface area contributed by atoms with E-state index in [4.69, 9.17) is 17.7 Å². The summed E-state index contributed by atoms with van der Waals surface area (Å²) in [4.78, 5) is 4.63. The average Bonchev–Trinajstić information content (AvgIpc) is 4.23. The maximum Gasteiger partial charge on any atom is 0.159 e. The van der Waals surface area contributed by atoms with Crippen LogP contribution in [0, 0.1) is 13.8 Å². The van der Waals surface area contributed by atoms with E-state index >= 15 is 0 Å². The van der Waals surface area contributed by atoms with E-state index in [-0.39, 0.29) is 10.8 Å². The Hall–Kier alpha value is -9.26. The van der Waals surface area contributed by atoms with Crippen molar-refractivity contribution in [1.82, 2.24) is 0 Å². The number of benzene rings is 11. The van der Waals surface area contributed by atoms with E-state index in [0.29, 0.717) is 0 Å². The first-order valence-corrected chi connectivity index (χ1v) is 27.1. The van der Waals surface area contributed by atoms with E-state index in [1.54, 1.807) is 0 Å². The number of para-hydroxylation sites is 6. The van der Waals surface area contributed by atoms with Crippen molar-refractivity contribution in [3.8, 4) is 0 Å². The van der Waals surface area contributed by atoms with Crippen molar-refractivity contribution < 1.29 is 17.7 Å². The molecule has 0 fully saturated rings. The highest BCUT2D eigenvalue weighted by Crippen LogP contribution is 2.50. The predicted octanol–water partition coefficient (Wildman–Crippen LogP) is 21.7. The first kappa shape index (κ1) is 46.1. The molecule has 378 valence electrons. The first-order chi connectivity index (χ1) is 37.8. The van der Waals surface area contributed by atoms with Gasteiger partial charge in [0.05, 0.1) is 11.4 Å². The number of fused-ring (bicyclic) bond motifs is 15. The Morgan fingerprint density at radius 3 is 1.08 bits per heavy atom. The number of nitrogens with zero attached hydrogens (tertiary/aromatic N) is 2. The van der Waals surface area contributed by atoms with Gasteiger partial charge in [0.2, 0.25) is 0 Å². The van der Waals surface area contributed by atoms with Crippen molar-refractivity contribution in [2.75, 3.05) is 9.80 Å². The van der Waals surface area contributed by atoms with Crippen LogP contribution >= 0.6 is 0 Å². The fraction of sp³-hybridized carbons (Fsp3) is 0.139. The van der Waals surface area contributed by atoms with Crippen LogP contribution in [0.5, 0.6) is 0 Å². The van der Waals surface area contributed by atoms with Crippen LogP contribution in [0.4, 0.5) is 34.1 Å². The molecule has 15 aromatic rings. The van der Waals surface area contributed by atoms with Crippen LogP contribution in [0.25, 0.3) is 109 Å². The summed E-state index contributed by atoms with van der Waals surface area (Å²) in [5, 5.41) is 13.1. The number of rotatable bonds is 6. The lowest BCUT2D eigenvalue weighted by molar-refractivity contribution is 0.572. The normalized spacial score (nSPS) is 12.6. The van der Waals surface area contributed by atoms with Crippen LogP contribution in [-0.2, 0) is 10.8 Å². The van der Waals surface area contributed by atoms with E-state index in [0.717, 1.165) is 155 Å². The topological polar surface area (TPSA) is 59.0 Å². The second-order valence-electron chi connectivity index (χ2n) is 23.3. The third kappa shape index (κ3) is 6.88. The van der Waals surface area contributed by atoms with Crippen molar-refractivity contribution in [1.29, 1.82) is 0 Å². The molecule has 0 atom stereocenters. The Balaban J connectivity index is 0.876. The van der Waals surface area contributed by atoms with Crippen molar-refractivity contribution in [3.63, 3.8) is 0 Å². The van der Waals surface area contributed by atoms with Gasteiger partial charge in [-0.1, -0.05) is 151 Å². The lowest BCUT2D eigenvalue weighted by Crippen LogP contribution is -2.11. The lowest BCUT2D eigenvalue weighted by Gasteiger charge is -2.26. The molecule has 0 saturated carbocycles. The third-order valence-electron chi connectivity index (χ3n) is 16.4. The van der Waals surface area contributed by atoms with Gasteiger partial charge in [-0.15, -0.1) is 0 Å². The van der Waals surface area contributed by atoms with Gasteiger partial charge in [-0.3, -0.25) is 0 Å². The summed E-state index contributed by atoms with van der Waals surface area (Å²) in [6, 6.07) is 69.6. The molecule has 4 aromatic heterocycles. The summed E-state index contributed by atoms with van der Waals surface area (Å²) in [5.74, 6) is 0. The first-order valence-electron chi connectivity index (χ1n) is 27.1. The maximum absolute atomic E-state index is 7.00. The zero-order chi connectivity index (χ0) is 52.9. The van der Waals surface area contributed by atoms with Gasteiger partial charge in [-0.25, -0.2) is 0 Å². The molecule has 0 amide bonds. The minimum atomic E-state index is -0.0849. The van der Waals surface area contributed by atoms with Crippen LogP contribution in [-0.4, -0.2) is 0 Å². The van der Waals surface area contributed by atoms with E-state index in [2.05, 4.69) is 259 Å². The molecule has 0 unspecified atom stereocenters. The lowest BCUT2D eigenvalue weighted by atomic mass is 9.86. The van der Waals surface area contributed by atoms with Crippen molar-refractivity contribution >= 4 is 143 Å². The highest BCUT2D eigenvalue weighted by atomic mass is 16.3. The molecule has 0 bridgehead atoms. The molecule has 0 spiro atoms. The van der Waals surface area contributed by atoms with Crippen molar-refractivity contribution in [2.24, 2.45) is 0 Å². The molecule has 0 saturated heterocycles. The minimum Gasteiger partial charge on any atom is -0.456 e. The van der Waals surface area contributed by atoms with Crippen LogP contribution in [0.2, 0.25) is 0 Å². The molecular weight excluding hydrogens is 957 g/mol. The summed E-state index contributed by atoms with van der Waals surface area (Å²) < 4.78 is 27.9. The van der Waals surface area contributed by atoms with E-state index in [9.17, 15) is 0 Å². The van der Waals surface area contributed by atoms with Gasteiger partial charge in [-0.05, 0) is 142 Å². The van der Waals surface area contributed by atoms with Crippen LogP contribution in [0.1, 0.15) is 63.8 Å². The summed E-state index contributed by atoms with van der Waals surface area (Å²) in [5.41, 5.74) is 17.5. The molecule has 15 rings (SSSR count). The monoisotopic (exact) mass is 1010 g/mol. The number of hydrogen-bond donors (Lipinski definition) is 0. The predicted molar refractivity (Wildman–Crippen MR) is 327 cm³/mol. The Labute approximate surface area is 451 Å². The zero-order valence-corrected chi connectivity index (χ0v) is 45.0. The SMILES string of the molecule is Cc1c(C)c2oc3cc4cc(N(c5ccccc5)c5cccc6c5oc5c(C(C)(C)C)cccc56)ccc4cc3c2c2c1oc1cc3cc(N(c4ccccc4)c4cccc5c4oc4c(C(C)(C)C)cccc45)ccc3cc12. The second-order valence-corrected chi connectivity index (χ2v) is 23.3. The standard InChI is InChI=1S/C72H56N2O4/c1-41-42(2)66-64(56-38-44-32-34-50(36-46(44)40-62(56)76-66)74(48-21-13-10-14-22-48)60-30-18-26-54-52-24-16-28-58(72(6,7)8)68(52)78-70(54)60)63-55-37-43-31-33-49(35-45(43)39-61(55)75-65(41)63)73(47-19-11-9-12-20-47)59-29-17-25-53-51-23-15-27-57(71(3,4)5)67(51)77-69(53)59/h9-40H,1-8H3. The Kier molecular flexibility index (Phi) is 9.82. The fourth-order valence-electron chi connectivity index (χ4n) is 12.5. The quantitative estimate of drug-likeness (QED) is 0.165. The highest BCUT2D eigenvalue weighted by Gasteiger charge is 2.28. The molecule has 78 heavy (non-hydrogen) atoms. The number of furan rings is 4. The highest BCUT2D eigenvalue weighted by molar-refractivity contribution is 6.29. The Morgan fingerprint density at radius 2 is 0.679 bits per heavy atom. The molecular formula is C72H56N2O4. The molecule has 0 aliphatic heterocycles. The summed E-state index contributed by atoms with van der Waals surface area (Å²) in [6.45, 7) is 17.8. The van der Waals surface area contributed by atoms with Gasteiger partial charge in [0, 0.05) is 77.0 Å². The Bertz CT molecular complexity index is 4650. The van der Waals surface area contributed by atoms with Crippen molar-refractivity contribution in [3.05, 3.63) is 216 Å². The van der Waals surface area contributed by atoms with Crippen molar-refractivity contribution in [2.45, 2.75) is 66.2 Å². The Morgan fingerprint density at radius 1 is 0.295 bits per heavy atom. The van der Waals surface area contributed by atoms with Gasteiger partial charge < -0.3 is 27.5 Å².